The monoisotopic (exact) mass is 509 g/mol. The van der Waals surface area contributed by atoms with E-state index in [1.54, 1.807) is 11.8 Å². The number of carbonyl (C=O) groups is 1. The number of aromatic nitrogens is 2. The van der Waals surface area contributed by atoms with Crippen LogP contribution in [0.4, 0.5) is 10.5 Å². The van der Waals surface area contributed by atoms with Gasteiger partial charge in [0.15, 0.2) is 0 Å². The lowest BCUT2D eigenvalue weighted by Gasteiger charge is -2.19. The first-order valence-corrected chi connectivity index (χ1v) is 11.9. The lowest BCUT2D eigenvalue weighted by Crippen LogP contribution is -2.27. The lowest BCUT2D eigenvalue weighted by atomic mass is 10.1. The minimum atomic E-state index is -0.549. The summed E-state index contributed by atoms with van der Waals surface area (Å²) in [6, 6.07) is 20.0. The molecule has 0 aliphatic rings. The molecule has 32 heavy (non-hydrogen) atoms. The number of hydrogen-bond donors (Lipinski definition) is 2. The molecule has 0 radical (unpaired) electrons. The predicted octanol–water partition coefficient (Wildman–Crippen LogP) is 7.55. The van der Waals surface area contributed by atoms with Gasteiger partial charge in [-0.1, -0.05) is 24.3 Å². The Morgan fingerprint density at radius 1 is 1.12 bits per heavy atom. The number of ether oxygens (including phenoxy) is 1. The maximum absolute atomic E-state index is 12.1. The Kier molecular flexibility index (Phi) is 6.58. The predicted molar refractivity (Wildman–Crippen MR) is 134 cm³/mol. The third-order valence-corrected chi connectivity index (χ3v) is 6.97. The molecule has 2 aromatic heterocycles. The van der Waals surface area contributed by atoms with Crippen LogP contribution in [-0.4, -0.2) is 21.7 Å². The number of nitrogens with one attached hydrogen (secondary N) is 2. The molecule has 2 heterocycles. The highest BCUT2D eigenvalue weighted by molar-refractivity contribution is 9.10. The van der Waals surface area contributed by atoms with E-state index in [4.69, 9.17) is 4.74 Å². The van der Waals surface area contributed by atoms with E-state index in [1.165, 1.54) is 0 Å². The number of hydrogen-bond acceptors (Lipinski definition) is 4. The molecule has 0 spiro atoms. The molecule has 2 N–H and O–H groups in total. The summed E-state index contributed by atoms with van der Waals surface area (Å²) >= 11 is 5.41. The average molecular weight is 510 g/mol. The molecule has 1 unspecified atom stereocenters. The number of amides is 1. The maximum atomic E-state index is 12.1. The fourth-order valence-electron chi connectivity index (χ4n) is 3.35. The number of fused-ring (bicyclic) bond motifs is 1. The number of anilines is 1. The number of H-pyrrole nitrogens is 1. The van der Waals surface area contributed by atoms with Crippen molar-refractivity contribution in [3.05, 3.63) is 88.8 Å². The molecule has 164 valence electrons. The second-order valence-electron chi connectivity index (χ2n) is 8.31. The minimum Gasteiger partial charge on any atom is -0.444 e. The van der Waals surface area contributed by atoms with E-state index in [2.05, 4.69) is 37.3 Å². The van der Waals surface area contributed by atoms with Gasteiger partial charge in [-0.25, -0.2) is 4.79 Å². The standard InChI is InChI=1S/C25H24BrN3O2S/c1-25(2,3)31-24(30)29-16-11-12-17-18(15-28-21(17)14-16)23(20-9-6-7-13-27-20)32-22-10-5-4-8-19(22)26/h4-15,23,28H,1-3H3,(H,29,30). The molecule has 1 atom stereocenters. The van der Waals surface area contributed by atoms with Crippen LogP contribution >= 0.6 is 27.7 Å². The summed E-state index contributed by atoms with van der Waals surface area (Å²) in [5.41, 5.74) is 3.16. The minimum absolute atomic E-state index is 0.00619. The molecule has 0 fully saturated rings. The quantitative estimate of drug-likeness (QED) is 0.272. The van der Waals surface area contributed by atoms with Gasteiger partial charge in [-0.2, -0.15) is 0 Å². The van der Waals surface area contributed by atoms with E-state index >= 15 is 0 Å². The van der Waals surface area contributed by atoms with Gasteiger partial charge in [0.05, 0.1) is 10.9 Å². The molecule has 0 aliphatic carbocycles. The van der Waals surface area contributed by atoms with E-state index in [9.17, 15) is 4.79 Å². The summed E-state index contributed by atoms with van der Waals surface area (Å²) in [7, 11) is 0. The van der Waals surface area contributed by atoms with Gasteiger partial charge in [0.2, 0.25) is 0 Å². The topological polar surface area (TPSA) is 67.0 Å². The van der Waals surface area contributed by atoms with Gasteiger partial charge in [-0.3, -0.25) is 10.3 Å². The fourth-order valence-corrected chi connectivity index (χ4v) is 5.09. The summed E-state index contributed by atoms with van der Waals surface area (Å²) in [6.07, 6.45) is 3.37. The number of thioether (sulfide) groups is 1. The van der Waals surface area contributed by atoms with Gasteiger partial charge in [-0.15, -0.1) is 11.8 Å². The van der Waals surface area contributed by atoms with Crippen molar-refractivity contribution in [1.29, 1.82) is 0 Å². The third kappa shape index (κ3) is 5.34. The van der Waals surface area contributed by atoms with E-state index < -0.39 is 11.7 Å². The molecule has 0 aliphatic heterocycles. The SMILES string of the molecule is CC(C)(C)OC(=O)Nc1ccc2c(C(Sc3ccccc3Br)c3ccccn3)c[nH]c2c1. The highest BCUT2D eigenvalue weighted by atomic mass is 79.9. The van der Waals surface area contributed by atoms with E-state index in [-0.39, 0.29) is 5.25 Å². The third-order valence-electron chi connectivity index (χ3n) is 4.68. The van der Waals surface area contributed by atoms with Crippen LogP contribution in [0, 0.1) is 0 Å². The van der Waals surface area contributed by atoms with Crippen LogP contribution in [0.3, 0.4) is 0 Å². The fraction of sp³-hybridized carbons (Fsp3) is 0.200. The van der Waals surface area contributed by atoms with Crippen molar-refractivity contribution in [3.8, 4) is 0 Å². The van der Waals surface area contributed by atoms with Gasteiger partial charge in [0, 0.05) is 38.4 Å². The molecule has 1 amide bonds. The Hall–Kier alpha value is -2.77. The van der Waals surface area contributed by atoms with Gasteiger partial charge in [0.1, 0.15) is 5.60 Å². The lowest BCUT2D eigenvalue weighted by molar-refractivity contribution is 0.0636. The first kappa shape index (κ1) is 22.4. The largest absolute Gasteiger partial charge is 0.444 e. The van der Waals surface area contributed by atoms with Crippen molar-refractivity contribution in [1.82, 2.24) is 9.97 Å². The summed E-state index contributed by atoms with van der Waals surface area (Å²) in [4.78, 5) is 21.3. The Morgan fingerprint density at radius 2 is 1.91 bits per heavy atom. The zero-order valence-electron chi connectivity index (χ0n) is 18.1. The van der Waals surface area contributed by atoms with Gasteiger partial charge >= 0.3 is 6.09 Å². The van der Waals surface area contributed by atoms with Crippen LogP contribution in [0.1, 0.15) is 37.3 Å². The number of pyridine rings is 1. The first-order chi connectivity index (χ1) is 15.3. The van der Waals surface area contributed by atoms with E-state index in [0.29, 0.717) is 5.69 Å². The Morgan fingerprint density at radius 3 is 2.62 bits per heavy atom. The molecular formula is C25H24BrN3O2S. The highest BCUT2D eigenvalue weighted by Gasteiger charge is 2.22. The van der Waals surface area contributed by atoms with E-state index in [1.807, 2.05) is 87.8 Å². The number of benzene rings is 2. The molecule has 5 nitrogen and oxygen atoms in total. The number of nitrogens with zero attached hydrogens (tertiary/aromatic N) is 1. The molecular weight excluding hydrogens is 486 g/mol. The molecule has 0 saturated carbocycles. The van der Waals surface area contributed by atoms with Crippen LogP contribution in [-0.2, 0) is 4.74 Å². The molecule has 0 saturated heterocycles. The second-order valence-corrected chi connectivity index (χ2v) is 10.3. The maximum Gasteiger partial charge on any atom is 0.412 e. The van der Waals surface area contributed by atoms with Crippen molar-refractivity contribution in [2.45, 2.75) is 36.5 Å². The molecule has 7 heteroatoms. The zero-order valence-corrected chi connectivity index (χ0v) is 20.5. The van der Waals surface area contributed by atoms with Gasteiger partial charge in [-0.05, 0) is 78.7 Å². The number of carbonyl (C=O) groups excluding carboxylic acids is 1. The van der Waals surface area contributed by atoms with Crippen molar-refractivity contribution in [2.24, 2.45) is 0 Å². The Labute approximate surface area is 200 Å². The normalized spacial score (nSPS) is 12.5. The zero-order chi connectivity index (χ0) is 22.7. The van der Waals surface area contributed by atoms with Crippen molar-refractivity contribution in [2.75, 3.05) is 5.32 Å². The average Bonchev–Trinajstić information content (AvgIpc) is 3.15. The van der Waals surface area contributed by atoms with Gasteiger partial charge in [0.25, 0.3) is 0 Å². The van der Waals surface area contributed by atoms with Crippen molar-refractivity contribution in [3.63, 3.8) is 0 Å². The van der Waals surface area contributed by atoms with Crippen LogP contribution < -0.4 is 5.32 Å². The summed E-state index contributed by atoms with van der Waals surface area (Å²) in [6.45, 7) is 5.52. The molecule has 0 bridgehead atoms. The van der Waals surface area contributed by atoms with Crippen molar-refractivity contribution < 1.29 is 9.53 Å². The van der Waals surface area contributed by atoms with Crippen LogP contribution in [0.5, 0.6) is 0 Å². The van der Waals surface area contributed by atoms with Crippen LogP contribution in [0.2, 0.25) is 0 Å². The molecule has 4 rings (SSSR count). The number of rotatable bonds is 5. The molecule has 2 aromatic carbocycles. The first-order valence-electron chi connectivity index (χ1n) is 10.2. The second kappa shape index (κ2) is 9.38. The van der Waals surface area contributed by atoms with Crippen LogP contribution in [0.15, 0.2) is 82.4 Å². The molecule has 4 aromatic rings. The number of halogens is 1. The summed E-state index contributed by atoms with van der Waals surface area (Å²) in [5, 5.41) is 3.88. The van der Waals surface area contributed by atoms with Crippen LogP contribution in [0.25, 0.3) is 10.9 Å². The Bertz CT molecular complexity index is 1230. The van der Waals surface area contributed by atoms with E-state index in [0.717, 1.165) is 31.5 Å². The summed E-state index contributed by atoms with van der Waals surface area (Å²) in [5.74, 6) is 0. The summed E-state index contributed by atoms with van der Waals surface area (Å²) < 4.78 is 6.41. The number of aromatic amines is 1. The van der Waals surface area contributed by atoms with Gasteiger partial charge < -0.3 is 9.72 Å². The highest BCUT2D eigenvalue weighted by Crippen LogP contribution is 2.44. The smallest absolute Gasteiger partial charge is 0.412 e. The van der Waals surface area contributed by atoms with Crippen molar-refractivity contribution >= 4 is 50.4 Å². The Balaban J connectivity index is 1.67.